The third kappa shape index (κ3) is 3.57. The average Bonchev–Trinajstić information content (AvgIpc) is 3.33. The molecule has 1 amide bonds. The summed E-state index contributed by atoms with van der Waals surface area (Å²) >= 11 is 0. The summed E-state index contributed by atoms with van der Waals surface area (Å²) in [5, 5.41) is 10.8. The first-order chi connectivity index (χ1) is 12.3. The largest absolute Gasteiger partial charge is 0.493 e. The highest BCUT2D eigenvalue weighted by Crippen LogP contribution is 2.28. The van der Waals surface area contributed by atoms with E-state index in [4.69, 9.17) is 4.74 Å². The van der Waals surface area contributed by atoms with E-state index in [0.717, 1.165) is 51.1 Å². The molecule has 1 fully saturated rings. The summed E-state index contributed by atoms with van der Waals surface area (Å²) in [4.78, 5) is 13.0. The van der Waals surface area contributed by atoms with Crippen LogP contribution in [0.15, 0.2) is 36.7 Å². The number of hydrogen-bond acceptors (Lipinski definition) is 4. The van der Waals surface area contributed by atoms with Crippen LogP contribution >= 0.6 is 12.4 Å². The molecule has 1 aromatic carbocycles. The molecule has 2 aromatic rings. The molecule has 0 aliphatic carbocycles. The van der Waals surface area contributed by atoms with Crippen LogP contribution in [-0.4, -0.2) is 41.9 Å². The zero-order chi connectivity index (χ0) is 17.1. The highest BCUT2D eigenvalue weighted by Gasteiger charge is 2.41. The lowest BCUT2D eigenvalue weighted by Gasteiger charge is -2.36. The lowest BCUT2D eigenvalue weighted by atomic mass is 9.87. The predicted molar refractivity (Wildman–Crippen MR) is 102 cm³/mol. The summed E-state index contributed by atoms with van der Waals surface area (Å²) in [5.74, 6) is 1.07. The number of aromatic nitrogens is 2. The number of ether oxygens (including phenoxy) is 1. The monoisotopic (exact) mass is 376 g/mol. The number of halogens is 1. The van der Waals surface area contributed by atoms with Gasteiger partial charge in [0.15, 0.2) is 0 Å². The Morgan fingerprint density at radius 3 is 2.96 bits per heavy atom. The number of nitrogens with zero attached hydrogens (tertiary/aromatic N) is 2. The van der Waals surface area contributed by atoms with Gasteiger partial charge in [-0.2, -0.15) is 5.10 Å². The van der Waals surface area contributed by atoms with Crippen molar-refractivity contribution in [2.45, 2.75) is 31.2 Å². The van der Waals surface area contributed by atoms with Gasteiger partial charge in [0.05, 0.1) is 6.61 Å². The SMILES string of the molecule is Cl.O=C(NCCc1ccc2c(c1)CCO2)C1(n2cccn2)CCNCC1. The van der Waals surface area contributed by atoms with E-state index >= 15 is 0 Å². The molecule has 140 valence electrons. The second-order valence-electron chi connectivity index (χ2n) is 6.78. The maximum atomic E-state index is 13.0. The normalized spacial score (nSPS) is 17.7. The number of fused-ring (bicyclic) bond motifs is 1. The Balaban J connectivity index is 0.00000196. The smallest absolute Gasteiger partial charge is 0.248 e. The van der Waals surface area contributed by atoms with Gasteiger partial charge in [-0.3, -0.25) is 9.48 Å². The standard InChI is InChI=1S/C19H24N4O2.ClH/c24-18(19(6-10-20-11-7-19)23-12-1-8-22-23)21-9-4-15-2-3-17-16(14-15)5-13-25-17;/h1-3,8,12,14,20H,4-7,9-11,13H2,(H,21,24);1H. The van der Waals surface area contributed by atoms with Gasteiger partial charge >= 0.3 is 0 Å². The van der Waals surface area contributed by atoms with Crippen LogP contribution in [0.4, 0.5) is 0 Å². The fourth-order valence-corrected chi connectivity index (χ4v) is 3.80. The predicted octanol–water partition coefficient (Wildman–Crippen LogP) is 1.68. The van der Waals surface area contributed by atoms with Crippen LogP contribution in [0.3, 0.4) is 0 Å². The zero-order valence-electron chi connectivity index (χ0n) is 14.7. The van der Waals surface area contributed by atoms with Crippen molar-refractivity contribution in [3.63, 3.8) is 0 Å². The number of piperidine rings is 1. The molecule has 0 bridgehead atoms. The number of nitrogens with one attached hydrogen (secondary N) is 2. The second-order valence-corrected chi connectivity index (χ2v) is 6.78. The molecule has 7 heteroatoms. The van der Waals surface area contributed by atoms with Gasteiger partial charge in [0.1, 0.15) is 11.3 Å². The molecule has 6 nitrogen and oxygen atoms in total. The van der Waals surface area contributed by atoms with Crippen LogP contribution in [0, 0.1) is 0 Å². The second kappa shape index (κ2) is 8.10. The van der Waals surface area contributed by atoms with Crippen molar-refractivity contribution >= 4 is 18.3 Å². The molecule has 0 atom stereocenters. The summed E-state index contributed by atoms with van der Waals surface area (Å²) in [5.41, 5.74) is 1.94. The van der Waals surface area contributed by atoms with Crippen LogP contribution in [-0.2, 0) is 23.2 Å². The Labute approximate surface area is 159 Å². The van der Waals surface area contributed by atoms with Gasteiger partial charge < -0.3 is 15.4 Å². The minimum Gasteiger partial charge on any atom is -0.493 e. The summed E-state index contributed by atoms with van der Waals surface area (Å²) in [7, 11) is 0. The van der Waals surface area contributed by atoms with E-state index in [2.05, 4.69) is 27.9 Å². The minimum atomic E-state index is -0.569. The molecule has 0 saturated carbocycles. The molecular formula is C19H25ClN4O2. The van der Waals surface area contributed by atoms with Gasteiger partial charge in [-0.25, -0.2) is 0 Å². The van der Waals surface area contributed by atoms with Gasteiger partial charge in [-0.1, -0.05) is 12.1 Å². The number of amides is 1. The molecule has 2 N–H and O–H groups in total. The Kier molecular flexibility index (Phi) is 5.84. The van der Waals surface area contributed by atoms with Crippen LogP contribution < -0.4 is 15.4 Å². The van der Waals surface area contributed by atoms with Crippen molar-refractivity contribution in [3.05, 3.63) is 47.8 Å². The summed E-state index contributed by atoms with van der Waals surface area (Å²) in [6.07, 6.45) is 6.96. The van der Waals surface area contributed by atoms with Crippen molar-refractivity contribution < 1.29 is 9.53 Å². The molecule has 1 saturated heterocycles. The van der Waals surface area contributed by atoms with E-state index in [1.54, 1.807) is 6.20 Å². The quantitative estimate of drug-likeness (QED) is 0.833. The van der Waals surface area contributed by atoms with E-state index in [9.17, 15) is 4.79 Å². The van der Waals surface area contributed by atoms with Crippen molar-refractivity contribution in [3.8, 4) is 5.75 Å². The van der Waals surface area contributed by atoms with Crippen LogP contribution in [0.25, 0.3) is 0 Å². The molecule has 0 unspecified atom stereocenters. The highest BCUT2D eigenvalue weighted by atomic mass is 35.5. The molecule has 0 spiro atoms. The van der Waals surface area contributed by atoms with E-state index in [0.29, 0.717) is 6.54 Å². The van der Waals surface area contributed by atoms with E-state index in [-0.39, 0.29) is 18.3 Å². The summed E-state index contributed by atoms with van der Waals surface area (Å²) in [6, 6.07) is 8.20. The molecule has 3 heterocycles. The van der Waals surface area contributed by atoms with Gasteiger partial charge in [-0.15, -0.1) is 12.4 Å². The maximum absolute atomic E-state index is 13.0. The first-order valence-electron chi connectivity index (χ1n) is 9.02. The Hall–Kier alpha value is -2.05. The van der Waals surface area contributed by atoms with Crippen molar-refractivity contribution in [1.82, 2.24) is 20.4 Å². The Morgan fingerprint density at radius 2 is 2.19 bits per heavy atom. The molecule has 2 aliphatic heterocycles. The molecule has 1 aromatic heterocycles. The van der Waals surface area contributed by atoms with Crippen molar-refractivity contribution in [2.24, 2.45) is 0 Å². The topological polar surface area (TPSA) is 68.2 Å². The number of benzene rings is 1. The Morgan fingerprint density at radius 1 is 1.35 bits per heavy atom. The summed E-state index contributed by atoms with van der Waals surface area (Å²) in [6.45, 7) is 3.07. The molecule has 0 radical (unpaired) electrons. The molecular weight excluding hydrogens is 352 g/mol. The van der Waals surface area contributed by atoms with E-state index in [1.165, 1.54) is 11.1 Å². The Bertz CT molecular complexity index is 742. The van der Waals surface area contributed by atoms with E-state index < -0.39 is 5.54 Å². The lowest BCUT2D eigenvalue weighted by Crippen LogP contribution is -2.54. The fourth-order valence-electron chi connectivity index (χ4n) is 3.80. The van der Waals surface area contributed by atoms with Gasteiger partial charge in [0.25, 0.3) is 0 Å². The number of hydrogen-bond donors (Lipinski definition) is 2. The number of carbonyl (C=O) groups excluding carboxylic acids is 1. The maximum Gasteiger partial charge on any atom is 0.248 e. The van der Waals surface area contributed by atoms with Gasteiger partial charge in [0.2, 0.25) is 5.91 Å². The third-order valence-corrected chi connectivity index (χ3v) is 5.25. The molecule has 26 heavy (non-hydrogen) atoms. The molecule has 4 rings (SSSR count). The number of rotatable bonds is 5. The van der Waals surface area contributed by atoms with Crippen LogP contribution in [0.5, 0.6) is 5.75 Å². The first kappa shape index (κ1) is 18.7. The lowest BCUT2D eigenvalue weighted by molar-refractivity contribution is -0.131. The summed E-state index contributed by atoms with van der Waals surface area (Å²) < 4.78 is 7.37. The average molecular weight is 377 g/mol. The highest BCUT2D eigenvalue weighted by molar-refractivity contribution is 5.85. The zero-order valence-corrected chi connectivity index (χ0v) is 15.6. The fraction of sp³-hybridized carbons (Fsp3) is 0.474. The van der Waals surface area contributed by atoms with Crippen LogP contribution in [0.1, 0.15) is 24.0 Å². The van der Waals surface area contributed by atoms with Crippen molar-refractivity contribution in [1.29, 1.82) is 0 Å². The van der Waals surface area contributed by atoms with E-state index in [1.807, 2.05) is 23.0 Å². The van der Waals surface area contributed by atoms with Gasteiger partial charge in [-0.05, 0) is 55.6 Å². The minimum absolute atomic E-state index is 0. The van der Waals surface area contributed by atoms with Crippen molar-refractivity contribution in [2.75, 3.05) is 26.2 Å². The molecule has 2 aliphatic rings. The first-order valence-corrected chi connectivity index (χ1v) is 9.02. The third-order valence-electron chi connectivity index (χ3n) is 5.25. The number of carbonyl (C=O) groups is 1. The van der Waals surface area contributed by atoms with Crippen LogP contribution in [0.2, 0.25) is 0 Å². The van der Waals surface area contributed by atoms with Gasteiger partial charge in [0, 0.05) is 25.4 Å².